The van der Waals surface area contributed by atoms with Crippen LogP contribution in [0.4, 0.5) is 0 Å². The monoisotopic (exact) mass is 385 g/mol. The predicted molar refractivity (Wildman–Crippen MR) is 104 cm³/mol. The summed E-state index contributed by atoms with van der Waals surface area (Å²) >= 11 is 0. The van der Waals surface area contributed by atoms with Crippen LogP contribution < -0.4 is 19.5 Å². The van der Waals surface area contributed by atoms with E-state index < -0.39 is 11.9 Å². The van der Waals surface area contributed by atoms with Gasteiger partial charge in [-0.1, -0.05) is 18.2 Å². The van der Waals surface area contributed by atoms with Crippen molar-refractivity contribution in [2.75, 3.05) is 27.9 Å². The first kappa shape index (κ1) is 20.8. The first-order valence-corrected chi connectivity index (χ1v) is 8.52. The van der Waals surface area contributed by atoms with Crippen molar-refractivity contribution >= 4 is 18.0 Å². The second-order valence-corrected chi connectivity index (χ2v) is 5.68. The third-order valence-corrected chi connectivity index (χ3v) is 3.79. The quantitative estimate of drug-likeness (QED) is 0.528. The summed E-state index contributed by atoms with van der Waals surface area (Å²) in [5, 5.41) is 2.68. The zero-order chi connectivity index (χ0) is 20.4. The van der Waals surface area contributed by atoms with E-state index in [0.717, 1.165) is 11.1 Å². The van der Waals surface area contributed by atoms with Gasteiger partial charge in [0.2, 0.25) is 0 Å². The van der Waals surface area contributed by atoms with Gasteiger partial charge in [0.1, 0.15) is 5.75 Å². The molecule has 0 aromatic heterocycles. The van der Waals surface area contributed by atoms with E-state index >= 15 is 0 Å². The highest BCUT2D eigenvalue weighted by molar-refractivity contribution is 5.89. The Labute approximate surface area is 163 Å². The number of nitrogens with one attached hydrogen (secondary N) is 1. The Hall–Kier alpha value is -3.48. The lowest BCUT2D eigenvalue weighted by atomic mass is 10.2. The highest BCUT2D eigenvalue weighted by Crippen LogP contribution is 2.27. The highest BCUT2D eigenvalue weighted by atomic mass is 16.5. The summed E-state index contributed by atoms with van der Waals surface area (Å²) in [5.74, 6) is 0.838. The molecule has 0 radical (unpaired) electrons. The molecule has 2 rings (SSSR count). The lowest BCUT2D eigenvalue weighted by molar-refractivity contribution is -0.143. The molecule has 1 amide bonds. The van der Waals surface area contributed by atoms with Gasteiger partial charge in [-0.25, -0.2) is 4.79 Å². The SMILES string of the molecule is COc1cccc(CNC(=O)COC(=O)/C=C/c2ccc(OC)c(OC)c2)c1. The fourth-order valence-corrected chi connectivity index (χ4v) is 2.34. The van der Waals surface area contributed by atoms with Crippen LogP contribution in [0.3, 0.4) is 0 Å². The van der Waals surface area contributed by atoms with Gasteiger partial charge in [-0.05, 0) is 41.5 Å². The Morgan fingerprint density at radius 1 is 0.964 bits per heavy atom. The molecule has 0 heterocycles. The number of carbonyl (C=O) groups excluding carboxylic acids is 2. The number of benzene rings is 2. The van der Waals surface area contributed by atoms with Crippen molar-refractivity contribution in [1.82, 2.24) is 5.32 Å². The number of carbonyl (C=O) groups is 2. The third kappa shape index (κ3) is 6.35. The molecule has 0 atom stereocenters. The summed E-state index contributed by atoms with van der Waals surface area (Å²) in [6.07, 6.45) is 2.81. The molecule has 1 N–H and O–H groups in total. The smallest absolute Gasteiger partial charge is 0.331 e. The molecule has 0 aliphatic heterocycles. The van der Waals surface area contributed by atoms with E-state index in [1.54, 1.807) is 38.5 Å². The molecule has 2 aromatic carbocycles. The number of esters is 1. The first-order valence-electron chi connectivity index (χ1n) is 8.52. The molecule has 0 bridgehead atoms. The highest BCUT2D eigenvalue weighted by Gasteiger charge is 2.06. The molecular weight excluding hydrogens is 362 g/mol. The molecule has 7 heteroatoms. The molecule has 0 aliphatic rings. The summed E-state index contributed by atoms with van der Waals surface area (Å²) in [7, 11) is 4.65. The van der Waals surface area contributed by atoms with Crippen molar-refractivity contribution in [3.63, 3.8) is 0 Å². The van der Waals surface area contributed by atoms with Gasteiger partial charge in [-0.15, -0.1) is 0 Å². The maximum atomic E-state index is 11.8. The molecule has 2 aromatic rings. The van der Waals surface area contributed by atoms with Gasteiger partial charge < -0.3 is 24.3 Å². The Balaban J connectivity index is 1.79. The fraction of sp³-hybridized carbons (Fsp3) is 0.238. The summed E-state index contributed by atoms with van der Waals surface area (Å²) in [6, 6.07) is 12.6. The summed E-state index contributed by atoms with van der Waals surface area (Å²) in [4.78, 5) is 23.6. The maximum Gasteiger partial charge on any atom is 0.331 e. The largest absolute Gasteiger partial charge is 0.497 e. The number of hydrogen-bond donors (Lipinski definition) is 1. The molecule has 0 saturated heterocycles. The van der Waals surface area contributed by atoms with E-state index in [4.69, 9.17) is 18.9 Å². The molecule has 7 nitrogen and oxygen atoms in total. The molecule has 0 aliphatic carbocycles. The van der Waals surface area contributed by atoms with Gasteiger partial charge in [0.05, 0.1) is 21.3 Å². The number of amides is 1. The molecular formula is C21H23NO6. The lowest BCUT2D eigenvalue weighted by Crippen LogP contribution is -2.28. The summed E-state index contributed by atoms with van der Waals surface area (Å²) in [6.45, 7) is -0.0475. The first-order chi connectivity index (χ1) is 13.5. The van der Waals surface area contributed by atoms with Crippen molar-refractivity contribution in [3.8, 4) is 17.2 Å². The number of methoxy groups -OCH3 is 3. The number of hydrogen-bond acceptors (Lipinski definition) is 6. The number of ether oxygens (including phenoxy) is 4. The average molecular weight is 385 g/mol. The van der Waals surface area contributed by atoms with Crippen LogP contribution in [0.25, 0.3) is 6.08 Å². The molecule has 0 unspecified atom stereocenters. The Morgan fingerprint density at radius 2 is 1.75 bits per heavy atom. The Bertz CT molecular complexity index is 847. The van der Waals surface area contributed by atoms with E-state index in [-0.39, 0.29) is 6.61 Å². The summed E-state index contributed by atoms with van der Waals surface area (Å²) < 4.78 is 20.4. The third-order valence-electron chi connectivity index (χ3n) is 3.79. The van der Waals surface area contributed by atoms with Crippen molar-refractivity contribution in [2.24, 2.45) is 0 Å². The molecule has 0 fully saturated rings. The van der Waals surface area contributed by atoms with Gasteiger partial charge in [-0.2, -0.15) is 0 Å². The maximum absolute atomic E-state index is 11.8. The average Bonchev–Trinajstić information content (AvgIpc) is 2.74. The van der Waals surface area contributed by atoms with Crippen LogP contribution in [0.5, 0.6) is 17.2 Å². The van der Waals surface area contributed by atoms with Gasteiger partial charge in [0, 0.05) is 12.6 Å². The van der Waals surface area contributed by atoms with E-state index in [0.29, 0.717) is 23.8 Å². The number of rotatable bonds is 9. The van der Waals surface area contributed by atoms with Crippen LogP contribution in [0, 0.1) is 0 Å². The predicted octanol–water partition coefficient (Wildman–Crippen LogP) is 2.59. The Kier molecular flexibility index (Phi) is 7.90. The van der Waals surface area contributed by atoms with Gasteiger partial charge >= 0.3 is 5.97 Å². The van der Waals surface area contributed by atoms with E-state index in [1.165, 1.54) is 13.2 Å². The van der Waals surface area contributed by atoms with Crippen LogP contribution in [-0.2, 0) is 20.9 Å². The Morgan fingerprint density at radius 3 is 2.46 bits per heavy atom. The van der Waals surface area contributed by atoms with Crippen molar-refractivity contribution in [1.29, 1.82) is 0 Å². The second kappa shape index (κ2) is 10.6. The minimum absolute atomic E-state index is 0.315. The van der Waals surface area contributed by atoms with Gasteiger partial charge in [-0.3, -0.25) is 4.79 Å². The minimum Gasteiger partial charge on any atom is -0.497 e. The van der Waals surface area contributed by atoms with Crippen molar-refractivity contribution in [2.45, 2.75) is 6.54 Å². The van der Waals surface area contributed by atoms with Crippen LogP contribution in [0.2, 0.25) is 0 Å². The molecule has 0 saturated carbocycles. The van der Waals surface area contributed by atoms with E-state index in [2.05, 4.69) is 5.32 Å². The zero-order valence-electron chi connectivity index (χ0n) is 16.1. The van der Waals surface area contributed by atoms with Crippen molar-refractivity contribution in [3.05, 3.63) is 59.7 Å². The van der Waals surface area contributed by atoms with Crippen molar-refractivity contribution < 1.29 is 28.5 Å². The van der Waals surface area contributed by atoms with Crippen LogP contribution >= 0.6 is 0 Å². The molecule has 28 heavy (non-hydrogen) atoms. The van der Waals surface area contributed by atoms with Crippen LogP contribution in [-0.4, -0.2) is 39.8 Å². The van der Waals surface area contributed by atoms with Crippen LogP contribution in [0.15, 0.2) is 48.5 Å². The van der Waals surface area contributed by atoms with Gasteiger partial charge in [0.25, 0.3) is 5.91 Å². The zero-order valence-corrected chi connectivity index (χ0v) is 16.1. The topological polar surface area (TPSA) is 83.1 Å². The molecule has 0 spiro atoms. The standard InChI is InChI=1S/C21H23NO6/c1-25-17-6-4-5-16(11-17)13-22-20(23)14-28-21(24)10-8-15-7-9-18(26-2)19(12-15)27-3/h4-12H,13-14H2,1-3H3,(H,22,23)/b10-8+. The second-order valence-electron chi connectivity index (χ2n) is 5.68. The molecule has 148 valence electrons. The van der Waals surface area contributed by atoms with Crippen LogP contribution in [0.1, 0.15) is 11.1 Å². The normalized spacial score (nSPS) is 10.4. The van der Waals surface area contributed by atoms with Gasteiger partial charge in [0.15, 0.2) is 18.1 Å². The van der Waals surface area contributed by atoms with E-state index in [9.17, 15) is 9.59 Å². The summed E-state index contributed by atoms with van der Waals surface area (Å²) in [5.41, 5.74) is 1.62. The lowest BCUT2D eigenvalue weighted by Gasteiger charge is -2.08. The van der Waals surface area contributed by atoms with E-state index in [1.807, 2.05) is 24.3 Å². The minimum atomic E-state index is -0.619. The fourth-order valence-electron chi connectivity index (χ4n) is 2.34.